The van der Waals surface area contributed by atoms with Crippen molar-refractivity contribution in [2.75, 3.05) is 18.4 Å². The summed E-state index contributed by atoms with van der Waals surface area (Å²) < 4.78 is 38.6. The van der Waals surface area contributed by atoms with Crippen LogP contribution in [-0.2, 0) is 6.18 Å². The fraction of sp³-hybridized carbons (Fsp3) is 0.500. The maximum atomic E-state index is 12.9. The highest BCUT2D eigenvalue weighted by Crippen LogP contribution is 2.33. The maximum Gasteiger partial charge on any atom is 0.417 e. The van der Waals surface area contributed by atoms with Gasteiger partial charge in [-0.05, 0) is 50.6 Å². The predicted octanol–water partition coefficient (Wildman–Crippen LogP) is 3.13. The molecule has 3 nitrogen and oxygen atoms in total. The molecule has 1 fully saturated rings. The lowest BCUT2D eigenvalue weighted by Gasteiger charge is -2.19. The molecule has 20 heavy (non-hydrogen) atoms. The molecule has 1 atom stereocenters. The minimum Gasteiger partial charge on any atom is -0.382 e. The number of hydrogen-bond donors (Lipinski definition) is 2. The quantitative estimate of drug-likeness (QED) is 0.876. The molecule has 108 valence electrons. The van der Waals surface area contributed by atoms with Crippen LogP contribution in [-0.4, -0.2) is 19.1 Å². The van der Waals surface area contributed by atoms with E-state index in [2.05, 4.69) is 10.6 Å². The van der Waals surface area contributed by atoms with E-state index in [4.69, 9.17) is 5.26 Å². The van der Waals surface area contributed by atoms with Gasteiger partial charge in [0.1, 0.15) is 0 Å². The summed E-state index contributed by atoms with van der Waals surface area (Å²) in [5.41, 5.74) is -0.800. The highest BCUT2D eigenvalue weighted by Gasteiger charge is 2.34. The number of nitrogens with one attached hydrogen (secondary N) is 2. The second kappa shape index (κ2) is 6.14. The molecule has 0 saturated carbocycles. The minimum absolute atomic E-state index is 0.166. The molecular weight excluding hydrogens is 267 g/mol. The molecule has 0 aliphatic carbocycles. The van der Waals surface area contributed by atoms with Gasteiger partial charge in [0.05, 0.1) is 17.2 Å². The molecule has 1 heterocycles. The smallest absolute Gasteiger partial charge is 0.382 e. The monoisotopic (exact) mass is 283 g/mol. The second-order valence-electron chi connectivity index (χ2n) is 4.89. The summed E-state index contributed by atoms with van der Waals surface area (Å²) in [5, 5.41) is 15.1. The molecule has 0 amide bonds. The largest absolute Gasteiger partial charge is 0.417 e. The topological polar surface area (TPSA) is 47.9 Å². The molecule has 0 aromatic heterocycles. The van der Waals surface area contributed by atoms with E-state index in [1.807, 2.05) is 0 Å². The lowest BCUT2D eigenvalue weighted by molar-refractivity contribution is -0.137. The van der Waals surface area contributed by atoms with Crippen molar-refractivity contribution in [1.82, 2.24) is 5.32 Å². The molecule has 0 bridgehead atoms. The molecule has 1 aliphatic rings. The summed E-state index contributed by atoms with van der Waals surface area (Å²) in [4.78, 5) is 0. The van der Waals surface area contributed by atoms with E-state index in [1.165, 1.54) is 12.1 Å². The highest BCUT2D eigenvalue weighted by atomic mass is 19.4. The summed E-state index contributed by atoms with van der Waals surface area (Å²) in [6.07, 6.45) is -1.70. The van der Waals surface area contributed by atoms with E-state index in [1.54, 1.807) is 6.07 Å². The van der Waals surface area contributed by atoms with Crippen LogP contribution in [0.2, 0.25) is 0 Å². The fourth-order valence-electron chi connectivity index (χ4n) is 2.37. The van der Waals surface area contributed by atoms with Gasteiger partial charge < -0.3 is 10.6 Å². The van der Waals surface area contributed by atoms with Crippen LogP contribution < -0.4 is 10.6 Å². The van der Waals surface area contributed by atoms with Crippen LogP contribution in [0.1, 0.15) is 30.4 Å². The van der Waals surface area contributed by atoms with E-state index < -0.39 is 11.7 Å². The molecular formula is C14H16F3N3. The molecule has 1 unspecified atom stereocenters. The third-order valence-corrected chi connectivity index (χ3v) is 3.39. The van der Waals surface area contributed by atoms with Crippen LogP contribution in [0.25, 0.3) is 0 Å². The van der Waals surface area contributed by atoms with Gasteiger partial charge in [-0.1, -0.05) is 0 Å². The third kappa shape index (κ3) is 3.64. The average molecular weight is 283 g/mol. The van der Waals surface area contributed by atoms with Gasteiger partial charge in [0.2, 0.25) is 0 Å². The van der Waals surface area contributed by atoms with Crippen molar-refractivity contribution in [3.63, 3.8) is 0 Å². The molecule has 2 rings (SSSR count). The SMILES string of the molecule is N#Cc1ccc(NC2CCCNCC2)cc1C(F)(F)F. The van der Waals surface area contributed by atoms with E-state index >= 15 is 0 Å². The van der Waals surface area contributed by atoms with E-state index in [0.717, 1.165) is 38.4 Å². The number of halogens is 3. The molecule has 0 radical (unpaired) electrons. The normalized spacial score (nSPS) is 20.0. The van der Waals surface area contributed by atoms with Crippen LogP contribution in [0.3, 0.4) is 0 Å². The van der Waals surface area contributed by atoms with E-state index in [0.29, 0.717) is 5.69 Å². The van der Waals surface area contributed by atoms with Crippen LogP contribution >= 0.6 is 0 Å². The van der Waals surface area contributed by atoms with Crippen LogP contribution in [0.15, 0.2) is 18.2 Å². The average Bonchev–Trinajstić information content (AvgIpc) is 2.66. The Morgan fingerprint density at radius 1 is 1.25 bits per heavy atom. The van der Waals surface area contributed by atoms with E-state index in [-0.39, 0.29) is 11.6 Å². The van der Waals surface area contributed by atoms with Gasteiger partial charge in [0.15, 0.2) is 0 Å². The summed E-state index contributed by atoms with van der Waals surface area (Å²) in [6, 6.07) is 5.53. The van der Waals surface area contributed by atoms with Crippen molar-refractivity contribution >= 4 is 5.69 Å². The van der Waals surface area contributed by atoms with Crippen molar-refractivity contribution in [2.45, 2.75) is 31.5 Å². The zero-order valence-corrected chi connectivity index (χ0v) is 10.9. The Morgan fingerprint density at radius 2 is 2.05 bits per heavy atom. The van der Waals surface area contributed by atoms with Crippen molar-refractivity contribution in [2.24, 2.45) is 0 Å². The molecule has 6 heteroatoms. The number of nitriles is 1. The first-order valence-electron chi connectivity index (χ1n) is 6.59. The standard InChI is InChI=1S/C14H16F3N3/c15-14(16,17)13-8-12(4-3-10(13)9-18)20-11-2-1-6-19-7-5-11/h3-4,8,11,19-20H,1-2,5-7H2. The number of benzene rings is 1. The molecule has 1 aromatic carbocycles. The van der Waals surface area contributed by atoms with Gasteiger partial charge in [-0.2, -0.15) is 18.4 Å². The fourth-order valence-corrected chi connectivity index (χ4v) is 2.37. The number of alkyl halides is 3. The predicted molar refractivity (Wildman–Crippen MR) is 70.3 cm³/mol. The first-order valence-corrected chi connectivity index (χ1v) is 6.59. The Hall–Kier alpha value is -1.74. The second-order valence-corrected chi connectivity index (χ2v) is 4.89. The molecule has 2 N–H and O–H groups in total. The molecule has 1 aliphatic heterocycles. The lowest BCUT2D eigenvalue weighted by Crippen LogP contribution is -2.22. The van der Waals surface area contributed by atoms with Gasteiger partial charge in [-0.3, -0.25) is 0 Å². The molecule has 1 saturated heterocycles. The van der Waals surface area contributed by atoms with Gasteiger partial charge >= 0.3 is 6.18 Å². The van der Waals surface area contributed by atoms with Gasteiger partial charge in [0, 0.05) is 11.7 Å². The summed E-state index contributed by atoms with van der Waals surface area (Å²) >= 11 is 0. The Kier molecular flexibility index (Phi) is 4.50. The Bertz CT molecular complexity index is 497. The minimum atomic E-state index is -4.51. The Balaban J connectivity index is 2.18. The third-order valence-electron chi connectivity index (χ3n) is 3.39. The van der Waals surface area contributed by atoms with Gasteiger partial charge in [-0.25, -0.2) is 0 Å². The molecule has 0 spiro atoms. The van der Waals surface area contributed by atoms with Crippen molar-refractivity contribution in [3.05, 3.63) is 29.3 Å². The Morgan fingerprint density at radius 3 is 2.75 bits per heavy atom. The van der Waals surface area contributed by atoms with Gasteiger partial charge in [-0.15, -0.1) is 0 Å². The zero-order valence-electron chi connectivity index (χ0n) is 10.9. The van der Waals surface area contributed by atoms with Gasteiger partial charge in [0.25, 0.3) is 0 Å². The summed E-state index contributed by atoms with van der Waals surface area (Å²) in [7, 11) is 0. The van der Waals surface area contributed by atoms with Crippen molar-refractivity contribution < 1.29 is 13.2 Å². The Labute approximate surface area is 115 Å². The zero-order chi connectivity index (χ0) is 14.6. The van der Waals surface area contributed by atoms with Crippen LogP contribution in [0, 0.1) is 11.3 Å². The van der Waals surface area contributed by atoms with Crippen LogP contribution in [0.4, 0.5) is 18.9 Å². The summed E-state index contributed by atoms with van der Waals surface area (Å²) in [5.74, 6) is 0. The van der Waals surface area contributed by atoms with Crippen molar-refractivity contribution in [3.8, 4) is 6.07 Å². The highest BCUT2D eigenvalue weighted by molar-refractivity contribution is 5.53. The number of hydrogen-bond acceptors (Lipinski definition) is 3. The first kappa shape index (κ1) is 14.7. The van der Waals surface area contributed by atoms with Crippen LogP contribution in [0.5, 0.6) is 0 Å². The number of rotatable bonds is 2. The lowest BCUT2D eigenvalue weighted by atomic mass is 10.1. The van der Waals surface area contributed by atoms with Crippen molar-refractivity contribution in [1.29, 1.82) is 5.26 Å². The molecule has 1 aromatic rings. The number of anilines is 1. The number of nitrogens with zero attached hydrogens (tertiary/aromatic N) is 1. The first-order chi connectivity index (χ1) is 9.50. The maximum absolute atomic E-state index is 12.9. The van der Waals surface area contributed by atoms with E-state index in [9.17, 15) is 13.2 Å². The summed E-state index contributed by atoms with van der Waals surface area (Å²) in [6.45, 7) is 1.80.